The fourth-order valence-electron chi connectivity index (χ4n) is 3.54. The van der Waals surface area contributed by atoms with Crippen molar-refractivity contribution in [1.82, 2.24) is 0 Å². The topological polar surface area (TPSA) is 18.5 Å². The van der Waals surface area contributed by atoms with Gasteiger partial charge in [-0.1, -0.05) is 78.9 Å². The molecule has 0 spiro atoms. The monoisotopic (exact) mass is 366 g/mol. The molecule has 0 aliphatic rings. The van der Waals surface area contributed by atoms with Crippen LogP contribution in [-0.4, -0.2) is 14.2 Å². The molecule has 4 aromatic carbocycles. The molecule has 4 aromatic rings. The van der Waals surface area contributed by atoms with Crippen LogP contribution in [0.3, 0.4) is 0 Å². The quantitative estimate of drug-likeness (QED) is 0.391. The lowest BCUT2D eigenvalue weighted by atomic mass is 9.89. The van der Waals surface area contributed by atoms with Gasteiger partial charge in [-0.2, -0.15) is 0 Å². The van der Waals surface area contributed by atoms with E-state index in [-0.39, 0.29) is 0 Å². The second-order valence-electron chi connectivity index (χ2n) is 6.53. The Morgan fingerprint density at radius 3 is 1.57 bits per heavy atom. The predicted octanol–water partition coefficient (Wildman–Crippen LogP) is 6.70. The zero-order valence-corrected chi connectivity index (χ0v) is 16.1. The van der Waals surface area contributed by atoms with E-state index in [9.17, 15) is 0 Å². The number of hydrogen-bond acceptors (Lipinski definition) is 2. The molecule has 0 saturated carbocycles. The molecule has 0 fully saturated rings. The average Bonchev–Trinajstić information content (AvgIpc) is 2.79. The first-order chi connectivity index (χ1) is 13.8. The SMILES string of the molecule is COc1ccc(-c2ccc(-c3ccccc3)c(-c3ccccc3)c2OC)cc1. The van der Waals surface area contributed by atoms with Gasteiger partial charge in [0.1, 0.15) is 11.5 Å². The summed E-state index contributed by atoms with van der Waals surface area (Å²) in [7, 11) is 3.42. The van der Waals surface area contributed by atoms with E-state index in [0.717, 1.165) is 39.3 Å². The lowest BCUT2D eigenvalue weighted by Crippen LogP contribution is -1.95. The number of rotatable bonds is 5. The Morgan fingerprint density at radius 2 is 1.00 bits per heavy atom. The summed E-state index contributed by atoms with van der Waals surface area (Å²) < 4.78 is 11.3. The number of benzene rings is 4. The van der Waals surface area contributed by atoms with E-state index in [2.05, 4.69) is 72.8 Å². The number of hydrogen-bond donors (Lipinski definition) is 0. The third-order valence-corrected chi connectivity index (χ3v) is 4.91. The van der Waals surface area contributed by atoms with Crippen molar-refractivity contribution in [3.05, 3.63) is 97.1 Å². The fraction of sp³-hybridized carbons (Fsp3) is 0.0769. The van der Waals surface area contributed by atoms with Crippen LogP contribution in [0.1, 0.15) is 0 Å². The normalized spacial score (nSPS) is 10.5. The number of methoxy groups -OCH3 is 2. The molecule has 0 aliphatic heterocycles. The van der Waals surface area contributed by atoms with E-state index in [4.69, 9.17) is 9.47 Å². The van der Waals surface area contributed by atoms with Crippen molar-refractivity contribution in [2.75, 3.05) is 14.2 Å². The molecule has 0 unspecified atom stereocenters. The van der Waals surface area contributed by atoms with Crippen molar-refractivity contribution in [2.45, 2.75) is 0 Å². The summed E-state index contributed by atoms with van der Waals surface area (Å²) in [4.78, 5) is 0. The lowest BCUT2D eigenvalue weighted by Gasteiger charge is -2.19. The Kier molecular flexibility index (Phi) is 5.11. The van der Waals surface area contributed by atoms with Gasteiger partial charge in [0.05, 0.1) is 14.2 Å². The minimum Gasteiger partial charge on any atom is -0.497 e. The summed E-state index contributed by atoms with van der Waals surface area (Å²) in [6.07, 6.45) is 0. The van der Waals surface area contributed by atoms with Gasteiger partial charge in [-0.3, -0.25) is 0 Å². The summed E-state index contributed by atoms with van der Waals surface area (Å²) in [5, 5.41) is 0. The first kappa shape index (κ1) is 17.9. The molecule has 0 aliphatic carbocycles. The molecule has 0 radical (unpaired) electrons. The first-order valence-electron chi connectivity index (χ1n) is 9.28. The molecular formula is C26H22O2. The molecular weight excluding hydrogens is 344 g/mol. The summed E-state index contributed by atoms with van der Waals surface area (Å²) >= 11 is 0. The van der Waals surface area contributed by atoms with Gasteiger partial charge in [0.15, 0.2) is 0 Å². The second-order valence-corrected chi connectivity index (χ2v) is 6.53. The van der Waals surface area contributed by atoms with E-state index in [0.29, 0.717) is 0 Å². The Balaban J connectivity index is 1.97. The molecule has 0 saturated heterocycles. The van der Waals surface area contributed by atoms with Crippen LogP contribution in [0.15, 0.2) is 97.1 Å². The smallest absolute Gasteiger partial charge is 0.135 e. The van der Waals surface area contributed by atoms with Crippen LogP contribution in [-0.2, 0) is 0 Å². The Bertz CT molecular complexity index is 1050. The van der Waals surface area contributed by atoms with Crippen molar-refractivity contribution in [2.24, 2.45) is 0 Å². The molecule has 0 N–H and O–H groups in total. The molecule has 0 bridgehead atoms. The zero-order chi connectivity index (χ0) is 19.3. The van der Waals surface area contributed by atoms with Crippen LogP contribution in [0.4, 0.5) is 0 Å². The zero-order valence-electron chi connectivity index (χ0n) is 16.1. The Labute approximate surface area is 166 Å². The summed E-state index contributed by atoms with van der Waals surface area (Å²) in [5.41, 5.74) is 6.70. The predicted molar refractivity (Wildman–Crippen MR) is 116 cm³/mol. The van der Waals surface area contributed by atoms with Crippen molar-refractivity contribution in [3.63, 3.8) is 0 Å². The maximum Gasteiger partial charge on any atom is 0.135 e. The van der Waals surface area contributed by atoms with Gasteiger partial charge in [0.25, 0.3) is 0 Å². The van der Waals surface area contributed by atoms with Crippen LogP contribution in [0, 0.1) is 0 Å². The molecule has 0 heterocycles. The highest BCUT2D eigenvalue weighted by molar-refractivity contribution is 5.93. The minimum absolute atomic E-state index is 0.840. The van der Waals surface area contributed by atoms with Gasteiger partial charge in [-0.25, -0.2) is 0 Å². The highest BCUT2D eigenvalue weighted by Crippen LogP contribution is 2.45. The van der Waals surface area contributed by atoms with Crippen LogP contribution in [0.5, 0.6) is 11.5 Å². The first-order valence-corrected chi connectivity index (χ1v) is 9.28. The van der Waals surface area contributed by atoms with Crippen LogP contribution < -0.4 is 9.47 Å². The van der Waals surface area contributed by atoms with Crippen LogP contribution in [0.25, 0.3) is 33.4 Å². The average molecular weight is 366 g/mol. The van der Waals surface area contributed by atoms with E-state index in [1.807, 2.05) is 24.3 Å². The molecule has 138 valence electrons. The molecule has 4 rings (SSSR count). The second kappa shape index (κ2) is 8.01. The van der Waals surface area contributed by atoms with Crippen molar-refractivity contribution >= 4 is 0 Å². The van der Waals surface area contributed by atoms with Gasteiger partial charge in [-0.15, -0.1) is 0 Å². The van der Waals surface area contributed by atoms with Gasteiger partial charge in [-0.05, 0) is 40.5 Å². The van der Waals surface area contributed by atoms with E-state index in [1.54, 1.807) is 14.2 Å². The van der Waals surface area contributed by atoms with Gasteiger partial charge >= 0.3 is 0 Å². The van der Waals surface area contributed by atoms with Crippen molar-refractivity contribution in [1.29, 1.82) is 0 Å². The number of ether oxygens (including phenoxy) is 2. The van der Waals surface area contributed by atoms with Crippen LogP contribution >= 0.6 is 0 Å². The molecule has 0 aromatic heterocycles. The van der Waals surface area contributed by atoms with Gasteiger partial charge in [0, 0.05) is 11.1 Å². The highest BCUT2D eigenvalue weighted by Gasteiger charge is 2.18. The Morgan fingerprint density at radius 1 is 0.464 bits per heavy atom. The molecule has 0 amide bonds. The lowest BCUT2D eigenvalue weighted by molar-refractivity contribution is 0.414. The summed E-state index contributed by atoms with van der Waals surface area (Å²) in [5.74, 6) is 1.71. The Hall–Kier alpha value is -3.52. The summed E-state index contributed by atoms with van der Waals surface area (Å²) in [6.45, 7) is 0. The molecule has 28 heavy (non-hydrogen) atoms. The standard InChI is InChI=1S/C26H22O2/c1-27-22-15-13-20(14-16-22)24-18-17-23(19-9-5-3-6-10-19)25(26(24)28-2)21-11-7-4-8-12-21/h3-18H,1-2H3. The largest absolute Gasteiger partial charge is 0.497 e. The van der Waals surface area contributed by atoms with E-state index < -0.39 is 0 Å². The van der Waals surface area contributed by atoms with Crippen molar-refractivity contribution in [3.8, 4) is 44.9 Å². The van der Waals surface area contributed by atoms with Gasteiger partial charge < -0.3 is 9.47 Å². The minimum atomic E-state index is 0.840. The third-order valence-electron chi connectivity index (χ3n) is 4.91. The maximum atomic E-state index is 5.97. The molecule has 0 atom stereocenters. The van der Waals surface area contributed by atoms with Crippen molar-refractivity contribution < 1.29 is 9.47 Å². The highest BCUT2D eigenvalue weighted by atomic mass is 16.5. The third kappa shape index (κ3) is 3.37. The molecule has 2 nitrogen and oxygen atoms in total. The van der Waals surface area contributed by atoms with Crippen LogP contribution in [0.2, 0.25) is 0 Å². The van der Waals surface area contributed by atoms with Gasteiger partial charge in [0.2, 0.25) is 0 Å². The van der Waals surface area contributed by atoms with E-state index in [1.165, 1.54) is 5.56 Å². The van der Waals surface area contributed by atoms with E-state index >= 15 is 0 Å². The summed E-state index contributed by atoms with van der Waals surface area (Å²) in [6, 6.07) is 33.2. The fourth-order valence-corrected chi connectivity index (χ4v) is 3.54. The molecule has 2 heteroatoms. The maximum absolute atomic E-state index is 5.97.